The molecule has 27 heavy (non-hydrogen) atoms. The summed E-state index contributed by atoms with van der Waals surface area (Å²) in [6, 6.07) is 13.3. The van der Waals surface area contributed by atoms with Crippen LogP contribution in [0.4, 0.5) is 5.69 Å². The molecule has 0 aliphatic rings. The maximum atomic E-state index is 12.7. The number of carbonyl (C=O) groups is 3. The van der Waals surface area contributed by atoms with Gasteiger partial charge in [-0.2, -0.15) is 0 Å². The molecule has 2 heterocycles. The Morgan fingerprint density at radius 3 is 2.41 bits per heavy atom. The van der Waals surface area contributed by atoms with E-state index in [2.05, 4.69) is 10.6 Å². The second-order valence-electron chi connectivity index (χ2n) is 5.59. The Bertz CT molecular complexity index is 972. The molecule has 3 rings (SSSR count). The van der Waals surface area contributed by atoms with Gasteiger partial charge in [0.25, 0.3) is 11.8 Å². The van der Waals surface area contributed by atoms with Crippen LogP contribution in [0.3, 0.4) is 0 Å². The first-order chi connectivity index (χ1) is 13.0. The molecule has 0 radical (unpaired) electrons. The summed E-state index contributed by atoms with van der Waals surface area (Å²) in [5.41, 5.74) is 1.14. The van der Waals surface area contributed by atoms with Gasteiger partial charge in [0.05, 0.1) is 6.26 Å². The molecule has 2 amide bonds. The SMILES string of the molecule is CC(=O)c1ccc(NC(=O)/C(=C\c2cccs2)NC(=O)c2ccco2)cc1. The minimum Gasteiger partial charge on any atom is -0.459 e. The molecule has 1 aromatic carbocycles. The Morgan fingerprint density at radius 1 is 1.04 bits per heavy atom. The quantitative estimate of drug-likeness (QED) is 0.501. The lowest BCUT2D eigenvalue weighted by Crippen LogP contribution is -2.30. The highest BCUT2D eigenvalue weighted by molar-refractivity contribution is 7.10. The second kappa shape index (κ2) is 8.29. The van der Waals surface area contributed by atoms with E-state index in [1.54, 1.807) is 36.4 Å². The summed E-state index contributed by atoms with van der Waals surface area (Å²) >= 11 is 1.44. The van der Waals surface area contributed by atoms with Gasteiger partial charge in [0.2, 0.25) is 0 Å². The summed E-state index contributed by atoms with van der Waals surface area (Å²) < 4.78 is 5.06. The molecular weight excluding hydrogens is 364 g/mol. The van der Waals surface area contributed by atoms with Crippen LogP contribution in [-0.2, 0) is 4.79 Å². The average Bonchev–Trinajstić information content (AvgIpc) is 3.35. The van der Waals surface area contributed by atoms with Crippen molar-refractivity contribution in [1.29, 1.82) is 0 Å². The zero-order valence-electron chi connectivity index (χ0n) is 14.4. The van der Waals surface area contributed by atoms with E-state index < -0.39 is 11.8 Å². The van der Waals surface area contributed by atoms with E-state index in [1.165, 1.54) is 30.6 Å². The molecule has 7 heteroatoms. The summed E-state index contributed by atoms with van der Waals surface area (Å²) in [5, 5.41) is 7.16. The molecule has 6 nitrogen and oxygen atoms in total. The molecule has 3 aromatic rings. The number of anilines is 1. The minimum atomic E-state index is -0.523. The molecule has 136 valence electrons. The van der Waals surface area contributed by atoms with Crippen LogP contribution in [0, 0.1) is 0 Å². The van der Waals surface area contributed by atoms with Gasteiger partial charge in [-0.3, -0.25) is 14.4 Å². The number of thiophene rings is 1. The number of furan rings is 1. The third-order valence-electron chi connectivity index (χ3n) is 3.62. The number of hydrogen-bond acceptors (Lipinski definition) is 5. The van der Waals surface area contributed by atoms with Crippen LogP contribution in [0.1, 0.15) is 32.7 Å². The van der Waals surface area contributed by atoms with Crippen LogP contribution < -0.4 is 10.6 Å². The lowest BCUT2D eigenvalue weighted by molar-refractivity contribution is -0.113. The van der Waals surface area contributed by atoms with E-state index in [0.29, 0.717) is 11.3 Å². The van der Waals surface area contributed by atoms with Crippen molar-refractivity contribution in [1.82, 2.24) is 5.32 Å². The number of amides is 2. The van der Waals surface area contributed by atoms with Crippen molar-refractivity contribution in [2.75, 3.05) is 5.32 Å². The Hall–Kier alpha value is -3.45. The average molecular weight is 380 g/mol. The first-order valence-corrected chi connectivity index (χ1v) is 8.93. The monoisotopic (exact) mass is 380 g/mol. The molecule has 0 saturated heterocycles. The highest BCUT2D eigenvalue weighted by Gasteiger charge is 2.17. The van der Waals surface area contributed by atoms with Gasteiger partial charge in [-0.15, -0.1) is 11.3 Å². The number of carbonyl (C=O) groups excluding carboxylic acids is 3. The molecule has 0 unspecified atom stereocenters. The molecule has 2 N–H and O–H groups in total. The molecule has 0 spiro atoms. The maximum absolute atomic E-state index is 12.7. The van der Waals surface area contributed by atoms with E-state index in [9.17, 15) is 14.4 Å². The van der Waals surface area contributed by atoms with Crippen molar-refractivity contribution in [3.8, 4) is 0 Å². The van der Waals surface area contributed by atoms with Crippen molar-refractivity contribution in [3.63, 3.8) is 0 Å². The zero-order chi connectivity index (χ0) is 19.2. The molecule has 2 aromatic heterocycles. The first-order valence-electron chi connectivity index (χ1n) is 8.05. The lowest BCUT2D eigenvalue weighted by atomic mass is 10.1. The first kappa shape index (κ1) is 18.3. The van der Waals surface area contributed by atoms with Crippen molar-refractivity contribution >= 4 is 40.7 Å². The zero-order valence-corrected chi connectivity index (χ0v) is 15.2. The summed E-state index contributed by atoms with van der Waals surface area (Å²) in [6.45, 7) is 1.47. The predicted molar refractivity (Wildman–Crippen MR) is 104 cm³/mol. The van der Waals surface area contributed by atoms with Crippen LogP contribution >= 0.6 is 11.3 Å². The predicted octanol–water partition coefficient (Wildman–Crippen LogP) is 3.95. The molecule has 0 fully saturated rings. The van der Waals surface area contributed by atoms with Gasteiger partial charge in [0, 0.05) is 16.1 Å². The number of rotatable bonds is 6. The van der Waals surface area contributed by atoms with Gasteiger partial charge in [-0.25, -0.2) is 0 Å². The molecule has 0 atom stereocenters. The lowest BCUT2D eigenvalue weighted by Gasteiger charge is -2.10. The molecule has 0 saturated carbocycles. The van der Waals surface area contributed by atoms with E-state index in [4.69, 9.17) is 4.42 Å². The third kappa shape index (κ3) is 4.80. The van der Waals surface area contributed by atoms with E-state index >= 15 is 0 Å². The van der Waals surface area contributed by atoms with Gasteiger partial charge in [-0.1, -0.05) is 6.07 Å². The van der Waals surface area contributed by atoms with E-state index in [-0.39, 0.29) is 17.2 Å². The number of Topliss-reactive ketones (excluding diaryl/α,β-unsaturated/α-hetero) is 1. The summed E-state index contributed by atoms with van der Waals surface area (Å²) in [7, 11) is 0. The van der Waals surface area contributed by atoms with Crippen molar-refractivity contribution in [2.45, 2.75) is 6.92 Å². The smallest absolute Gasteiger partial charge is 0.291 e. The molecule has 0 aliphatic carbocycles. The van der Waals surface area contributed by atoms with Gasteiger partial charge >= 0.3 is 0 Å². The largest absolute Gasteiger partial charge is 0.459 e. The van der Waals surface area contributed by atoms with Crippen molar-refractivity contribution in [2.24, 2.45) is 0 Å². The molecule has 0 aliphatic heterocycles. The van der Waals surface area contributed by atoms with Crippen LogP contribution in [0.15, 0.2) is 70.3 Å². The highest BCUT2D eigenvalue weighted by Crippen LogP contribution is 2.15. The van der Waals surface area contributed by atoms with E-state index in [0.717, 1.165) is 4.88 Å². The van der Waals surface area contributed by atoms with Crippen LogP contribution in [0.2, 0.25) is 0 Å². The number of nitrogens with one attached hydrogen (secondary N) is 2. The number of benzene rings is 1. The molecular formula is C20H16N2O4S. The highest BCUT2D eigenvalue weighted by atomic mass is 32.1. The van der Waals surface area contributed by atoms with Gasteiger partial charge < -0.3 is 15.1 Å². The van der Waals surface area contributed by atoms with E-state index in [1.807, 2.05) is 17.5 Å². The van der Waals surface area contributed by atoms with Crippen molar-refractivity contribution < 1.29 is 18.8 Å². The Kier molecular flexibility index (Phi) is 5.63. The van der Waals surface area contributed by atoms with Gasteiger partial charge in [0.1, 0.15) is 5.70 Å². The van der Waals surface area contributed by atoms with Gasteiger partial charge in [0.15, 0.2) is 11.5 Å². The second-order valence-corrected chi connectivity index (χ2v) is 6.57. The van der Waals surface area contributed by atoms with Crippen LogP contribution in [0.5, 0.6) is 0 Å². The van der Waals surface area contributed by atoms with Gasteiger partial charge in [-0.05, 0) is 60.8 Å². The normalized spacial score (nSPS) is 11.1. The summed E-state index contributed by atoms with van der Waals surface area (Å²) in [6.07, 6.45) is 2.97. The summed E-state index contributed by atoms with van der Waals surface area (Å²) in [5.74, 6) is -0.966. The Morgan fingerprint density at radius 2 is 1.81 bits per heavy atom. The molecule has 0 bridgehead atoms. The third-order valence-corrected chi connectivity index (χ3v) is 4.44. The Balaban J connectivity index is 1.80. The fourth-order valence-corrected chi connectivity index (χ4v) is 2.91. The van der Waals surface area contributed by atoms with Crippen LogP contribution in [-0.4, -0.2) is 17.6 Å². The number of ketones is 1. The van der Waals surface area contributed by atoms with Crippen molar-refractivity contribution in [3.05, 3.63) is 82.1 Å². The number of hydrogen-bond donors (Lipinski definition) is 2. The standard InChI is InChI=1S/C20H16N2O4S/c1-13(23)14-6-8-15(9-7-14)21-19(24)17(12-16-4-3-11-27-16)22-20(25)18-5-2-10-26-18/h2-12H,1H3,(H,21,24)(H,22,25)/b17-12+. The van der Waals surface area contributed by atoms with Crippen LogP contribution in [0.25, 0.3) is 6.08 Å². The summed E-state index contributed by atoms with van der Waals surface area (Å²) in [4.78, 5) is 37.1. The fraction of sp³-hybridized carbons (Fsp3) is 0.0500. The fourth-order valence-electron chi connectivity index (χ4n) is 2.25. The Labute approximate surface area is 159 Å². The topological polar surface area (TPSA) is 88.4 Å². The maximum Gasteiger partial charge on any atom is 0.291 e. The minimum absolute atomic E-state index is 0.0585.